The summed E-state index contributed by atoms with van der Waals surface area (Å²) >= 11 is 0. The highest BCUT2D eigenvalue weighted by molar-refractivity contribution is 7.86. The lowest BCUT2D eigenvalue weighted by atomic mass is 10.00. The Morgan fingerprint density at radius 1 is 0.936 bits per heavy atom. The number of benzene rings is 2. The van der Waals surface area contributed by atoms with Gasteiger partial charge in [-0.25, -0.2) is 4.98 Å². The highest BCUT2D eigenvalue weighted by atomic mass is 32.2. The fourth-order valence-corrected chi connectivity index (χ4v) is 7.24. The molecule has 4 rings (SSSR count). The van der Waals surface area contributed by atoms with Gasteiger partial charge in [-0.2, -0.15) is 17.0 Å². The Labute approximate surface area is 276 Å². The number of likely N-dealkylation sites (N-methyl/N-ethyl adjacent to an activating group) is 1. The number of aliphatic hydroxyl groups is 1. The molecule has 0 aliphatic carbocycles. The largest absolute Gasteiger partial charge is 0.390 e. The second-order valence-corrected chi connectivity index (χ2v) is 14.3. The molecule has 1 fully saturated rings. The number of primary amides is 1. The van der Waals surface area contributed by atoms with E-state index >= 15 is 0 Å². The maximum atomic E-state index is 13.8. The first-order valence-electron chi connectivity index (χ1n) is 15.7. The van der Waals surface area contributed by atoms with Gasteiger partial charge in [-0.1, -0.05) is 68.4 Å². The minimum absolute atomic E-state index is 0.0366. The molecule has 1 aromatic heterocycles. The van der Waals surface area contributed by atoms with Crippen molar-refractivity contribution in [3.05, 3.63) is 78.0 Å². The zero-order valence-electron chi connectivity index (χ0n) is 27.1. The molecule has 1 saturated heterocycles. The van der Waals surface area contributed by atoms with Gasteiger partial charge in [0.1, 0.15) is 11.7 Å². The van der Waals surface area contributed by atoms with Crippen LogP contribution >= 0.6 is 0 Å². The summed E-state index contributed by atoms with van der Waals surface area (Å²) in [6.07, 6.45) is -1.69. The van der Waals surface area contributed by atoms with E-state index in [0.717, 1.165) is 10.9 Å². The number of pyridine rings is 1. The SMILES string of the molecule is CC(C)CN(C[C@@H](O)C(Cc1ccccc1)NC(=O)[C@H](CC(N)=O)NC(=O)c1ccc2ccccc2n1)S(=O)(=O)N1CCN(C)CC1. The van der Waals surface area contributed by atoms with Gasteiger partial charge in [-0.3, -0.25) is 14.4 Å². The lowest BCUT2D eigenvalue weighted by Gasteiger charge is -2.37. The quantitative estimate of drug-likeness (QED) is 0.183. The third-order valence-corrected chi connectivity index (χ3v) is 9.99. The number of piperazine rings is 1. The zero-order valence-corrected chi connectivity index (χ0v) is 27.9. The minimum atomic E-state index is -3.92. The Balaban J connectivity index is 1.56. The molecule has 3 atom stereocenters. The lowest BCUT2D eigenvalue weighted by molar-refractivity contribution is -0.128. The van der Waals surface area contributed by atoms with E-state index in [1.54, 1.807) is 18.2 Å². The van der Waals surface area contributed by atoms with E-state index in [0.29, 0.717) is 31.7 Å². The number of rotatable bonds is 15. The molecule has 1 aliphatic heterocycles. The second-order valence-electron chi connectivity index (χ2n) is 12.4. The van der Waals surface area contributed by atoms with E-state index in [-0.39, 0.29) is 31.1 Å². The van der Waals surface area contributed by atoms with Crippen LogP contribution in [0.25, 0.3) is 10.9 Å². The molecule has 0 saturated carbocycles. The maximum absolute atomic E-state index is 13.8. The number of hydrogen-bond acceptors (Lipinski definition) is 8. The third-order valence-electron chi connectivity index (χ3n) is 8.02. The van der Waals surface area contributed by atoms with Gasteiger partial charge in [0.2, 0.25) is 11.8 Å². The molecule has 2 aromatic carbocycles. The fourth-order valence-electron chi connectivity index (χ4n) is 5.46. The van der Waals surface area contributed by atoms with Gasteiger partial charge in [-0.15, -0.1) is 0 Å². The number of aromatic nitrogens is 1. The maximum Gasteiger partial charge on any atom is 0.282 e. The molecule has 3 amide bonds. The zero-order chi connectivity index (χ0) is 34.1. The first-order valence-corrected chi connectivity index (χ1v) is 17.1. The van der Waals surface area contributed by atoms with E-state index in [1.165, 1.54) is 14.7 Å². The summed E-state index contributed by atoms with van der Waals surface area (Å²) in [6.45, 7) is 5.50. The molecule has 3 aromatic rings. The average molecular weight is 668 g/mol. The lowest BCUT2D eigenvalue weighted by Crippen LogP contribution is -2.58. The van der Waals surface area contributed by atoms with Crippen molar-refractivity contribution < 1.29 is 27.9 Å². The number of fused-ring (bicyclic) bond motifs is 1. The van der Waals surface area contributed by atoms with Gasteiger partial charge in [-0.05, 0) is 37.1 Å². The second kappa shape index (κ2) is 16.2. The van der Waals surface area contributed by atoms with Crippen LogP contribution in [0.5, 0.6) is 0 Å². The standard InChI is InChI=1S/C33H45N7O6S/c1-23(2)21-40(47(45,46)39-17-15-38(3)16-18-39)22-30(41)28(19-24-9-5-4-6-10-24)36-33(44)29(20-31(34)42)37-32(43)27-14-13-25-11-7-8-12-26(25)35-27/h4-14,23,28-30,41H,15-22H2,1-3H3,(H2,34,42)(H,36,44)(H,37,43)/t28?,29-,30+/m0/s1. The van der Waals surface area contributed by atoms with Gasteiger partial charge in [0.25, 0.3) is 16.1 Å². The van der Waals surface area contributed by atoms with Crippen molar-refractivity contribution in [3.63, 3.8) is 0 Å². The monoisotopic (exact) mass is 667 g/mol. The van der Waals surface area contributed by atoms with E-state index in [9.17, 15) is 27.9 Å². The molecule has 2 heterocycles. The molecule has 5 N–H and O–H groups in total. The van der Waals surface area contributed by atoms with Crippen LogP contribution < -0.4 is 16.4 Å². The number of hydrogen-bond donors (Lipinski definition) is 4. The summed E-state index contributed by atoms with van der Waals surface area (Å²) in [5, 5.41) is 17.8. The summed E-state index contributed by atoms with van der Waals surface area (Å²) in [4.78, 5) is 45.3. The number of amides is 3. The van der Waals surface area contributed by atoms with Crippen molar-refractivity contribution in [1.29, 1.82) is 0 Å². The fraction of sp³-hybridized carbons (Fsp3) is 0.455. The number of para-hydroxylation sites is 1. The summed E-state index contributed by atoms with van der Waals surface area (Å²) in [5.74, 6) is -2.29. The Morgan fingerprint density at radius 2 is 1.60 bits per heavy atom. The molecule has 1 unspecified atom stereocenters. The summed E-state index contributed by atoms with van der Waals surface area (Å²) in [6, 6.07) is 17.2. The molecular weight excluding hydrogens is 622 g/mol. The Kier molecular flexibility index (Phi) is 12.4. The highest BCUT2D eigenvalue weighted by Gasteiger charge is 2.36. The van der Waals surface area contributed by atoms with Crippen molar-refractivity contribution in [2.75, 3.05) is 46.3 Å². The van der Waals surface area contributed by atoms with E-state index in [1.807, 2.05) is 63.4 Å². The van der Waals surface area contributed by atoms with Crippen LogP contribution in [0.4, 0.5) is 0 Å². The summed E-state index contributed by atoms with van der Waals surface area (Å²) in [5.41, 5.74) is 6.87. The minimum Gasteiger partial charge on any atom is -0.390 e. The van der Waals surface area contributed by atoms with Crippen molar-refractivity contribution >= 4 is 38.8 Å². The molecule has 0 spiro atoms. The number of nitrogens with zero attached hydrogens (tertiary/aromatic N) is 4. The van der Waals surface area contributed by atoms with Gasteiger partial charge < -0.3 is 26.4 Å². The van der Waals surface area contributed by atoms with Crippen molar-refractivity contribution in [3.8, 4) is 0 Å². The molecule has 0 bridgehead atoms. The molecule has 47 heavy (non-hydrogen) atoms. The van der Waals surface area contributed by atoms with Crippen LogP contribution in [0, 0.1) is 5.92 Å². The third kappa shape index (κ3) is 10.0. The van der Waals surface area contributed by atoms with Gasteiger partial charge in [0.15, 0.2) is 0 Å². The molecule has 1 aliphatic rings. The van der Waals surface area contributed by atoms with Crippen LogP contribution in [0.3, 0.4) is 0 Å². The van der Waals surface area contributed by atoms with Gasteiger partial charge in [0.05, 0.1) is 24.1 Å². The molecular formula is C33H45N7O6S. The number of carbonyl (C=O) groups is 3. The van der Waals surface area contributed by atoms with Crippen molar-refractivity contribution in [1.82, 2.24) is 29.1 Å². The molecule has 0 radical (unpaired) electrons. The first kappa shape index (κ1) is 35.9. The number of aliphatic hydroxyl groups excluding tert-OH is 1. The normalized spacial score (nSPS) is 16.6. The molecule has 254 valence electrons. The summed E-state index contributed by atoms with van der Waals surface area (Å²) < 4.78 is 30.2. The van der Waals surface area contributed by atoms with Crippen LogP contribution in [0.2, 0.25) is 0 Å². The molecule has 13 nitrogen and oxygen atoms in total. The van der Waals surface area contributed by atoms with Crippen LogP contribution in [0.15, 0.2) is 66.7 Å². The topological polar surface area (TPSA) is 178 Å². The number of nitrogens with one attached hydrogen (secondary N) is 2. The predicted molar refractivity (Wildman–Crippen MR) is 179 cm³/mol. The Bertz CT molecular complexity index is 1630. The van der Waals surface area contributed by atoms with E-state index in [2.05, 4.69) is 20.5 Å². The van der Waals surface area contributed by atoms with Crippen molar-refractivity contribution in [2.24, 2.45) is 11.7 Å². The number of nitrogens with two attached hydrogens (primary N) is 1. The average Bonchev–Trinajstić information content (AvgIpc) is 3.03. The van der Waals surface area contributed by atoms with E-state index in [4.69, 9.17) is 5.73 Å². The molecule has 14 heteroatoms. The Hall–Kier alpha value is -3.95. The van der Waals surface area contributed by atoms with Gasteiger partial charge in [0, 0.05) is 44.7 Å². The van der Waals surface area contributed by atoms with Gasteiger partial charge >= 0.3 is 0 Å². The Morgan fingerprint density at radius 3 is 2.26 bits per heavy atom. The van der Waals surface area contributed by atoms with Crippen molar-refractivity contribution in [2.45, 2.75) is 44.9 Å². The predicted octanol–water partition coefficient (Wildman–Crippen LogP) is 0.747. The van der Waals surface area contributed by atoms with Crippen LogP contribution in [0.1, 0.15) is 36.3 Å². The smallest absolute Gasteiger partial charge is 0.282 e. The highest BCUT2D eigenvalue weighted by Crippen LogP contribution is 2.17. The van der Waals surface area contributed by atoms with Crippen LogP contribution in [-0.4, -0.2) is 114 Å². The van der Waals surface area contributed by atoms with E-state index < -0.39 is 52.5 Å². The number of carbonyl (C=O) groups excluding carboxylic acids is 3. The van der Waals surface area contributed by atoms with Crippen LogP contribution in [-0.2, 0) is 26.2 Å². The first-order chi connectivity index (χ1) is 22.3. The summed E-state index contributed by atoms with van der Waals surface area (Å²) in [7, 11) is -1.99.